The highest BCUT2D eigenvalue weighted by Crippen LogP contribution is 2.76. The van der Waals surface area contributed by atoms with Crippen molar-refractivity contribution < 1.29 is 24.2 Å². The van der Waals surface area contributed by atoms with Gasteiger partial charge in [-0.2, -0.15) is 0 Å². The zero-order valence-corrected chi connectivity index (χ0v) is 23.8. The molecule has 0 unspecified atom stereocenters. The Morgan fingerprint density at radius 1 is 1.05 bits per heavy atom. The van der Waals surface area contributed by atoms with Crippen LogP contribution in [0.25, 0.3) is 0 Å². The van der Waals surface area contributed by atoms with Crippen molar-refractivity contribution in [2.45, 2.75) is 92.9 Å². The lowest BCUT2D eigenvalue weighted by molar-refractivity contribution is -0.193. The number of aliphatic hydroxyl groups is 1. The van der Waals surface area contributed by atoms with Gasteiger partial charge in [0.15, 0.2) is 12.6 Å². The van der Waals surface area contributed by atoms with Gasteiger partial charge in [0.1, 0.15) is 0 Å². The Hall–Kier alpha value is -2.14. The first kappa shape index (κ1) is 26.5. The highest BCUT2D eigenvalue weighted by atomic mass is 16.7. The van der Waals surface area contributed by atoms with Crippen molar-refractivity contribution in [1.29, 1.82) is 0 Å². The van der Waals surface area contributed by atoms with E-state index in [0.29, 0.717) is 11.5 Å². The molecule has 0 saturated heterocycles. The number of fused-ring (bicyclic) bond motifs is 7. The van der Waals surface area contributed by atoms with Crippen LogP contribution < -0.4 is 0 Å². The number of methoxy groups -OCH3 is 1. The topological polar surface area (TPSA) is 72.8 Å². The van der Waals surface area contributed by atoms with Crippen LogP contribution in [0.1, 0.15) is 92.9 Å². The molecule has 5 nitrogen and oxygen atoms in total. The Morgan fingerprint density at radius 2 is 1.76 bits per heavy atom. The van der Waals surface area contributed by atoms with Gasteiger partial charge in [0.25, 0.3) is 0 Å². The second-order valence-corrected chi connectivity index (χ2v) is 13.5. The standard InChI is InChI=1S/C32H44O5/c1-8-32-16-14-30(5)22-17-23(33)26(34)20(2)21(22)9-10-24(30)31(32,6)15-13-28(3)11-12-29(4,18-25(28)32)27(35)37-19-36-7/h9-10,17,25,34H,8,11-16,18-19H2,1-7H3/t25-,28-,29-,30+,31-,32+/m1/s1. The van der Waals surface area contributed by atoms with E-state index in [1.165, 1.54) is 5.57 Å². The average Bonchev–Trinajstić information content (AvgIpc) is 2.87. The van der Waals surface area contributed by atoms with Crippen LogP contribution in [-0.4, -0.2) is 30.8 Å². The first-order valence-corrected chi connectivity index (χ1v) is 14.1. The van der Waals surface area contributed by atoms with E-state index in [2.05, 4.69) is 46.8 Å². The summed E-state index contributed by atoms with van der Waals surface area (Å²) in [5, 5.41) is 10.4. The predicted molar refractivity (Wildman–Crippen MR) is 144 cm³/mol. The highest BCUT2D eigenvalue weighted by Gasteiger charge is 2.68. The number of esters is 1. The number of aliphatic hydroxyl groups excluding tert-OH is 1. The third-order valence-corrected chi connectivity index (χ3v) is 12.0. The lowest BCUT2D eigenvalue weighted by Crippen LogP contribution is -2.63. The summed E-state index contributed by atoms with van der Waals surface area (Å²) in [4.78, 5) is 25.9. The van der Waals surface area contributed by atoms with Crippen LogP contribution in [0.5, 0.6) is 0 Å². The number of hydrogen-bond acceptors (Lipinski definition) is 5. The molecule has 37 heavy (non-hydrogen) atoms. The third-order valence-electron chi connectivity index (χ3n) is 12.0. The summed E-state index contributed by atoms with van der Waals surface area (Å²) >= 11 is 0. The van der Waals surface area contributed by atoms with Crippen LogP contribution >= 0.6 is 0 Å². The maximum atomic E-state index is 13.2. The quantitative estimate of drug-likeness (QED) is 0.322. The molecule has 3 fully saturated rings. The van der Waals surface area contributed by atoms with Crippen molar-refractivity contribution in [3.05, 3.63) is 46.3 Å². The van der Waals surface area contributed by atoms with E-state index in [9.17, 15) is 14.7 Å². The largest absolute Gasteiger partial charge is 0.504 e. The average molecular weight is 509 g/mol. The molecule has 0 aromatic carbocycles. The number of carbonyl (C=O) groups excluding carboxylic acids is 2. The lowest BCUT2D eigenvalue weighted by atomic mass is 9.33. The molecule has 0 amide bonds. The van der Waals surface area contributed by atoms with Crippen molar-refractivity contribution in [3.63, 3.8) is 0 Å². The Bertz CT molecular complexity index is 1170. The summed E-state index contributed by atoms with van der Waals surface area (Å²) in [6.45, 7) is 13.6. The van der Waals surface area contributed by atoms with Crippen LogP contribution in [0.2, 0.25) is 0 Å². The molecule has 3 saturated carbocycles. The summed E-state index contributed by atoms with van der Waals surface area (Å²) in [5.74, 6) is -0.136. The molecule has 0 bridgehead atoms. The smallest absolute Gasteiger partial charge is 0.313 e. The summed E-state index contributed by atoms with van der Waals surface area (Å²) in [5.41, 5.74) is 3.67. The van der Waals surface area contributed by atoms with Crippen molar-refractivity contribution in [2.24, 2.45) is 33.0 Å². The van der Waals surface area contributed by atoms with Gasteiger partial charge in [-0.1, -0.05) is 45.4 Å². The van der Waals surface area contributed by atoms with Crippen molar-refractivity contribution in [2.75, 3.05) is 13.9 Å². The van der Waals surface area contributed by atoms with Crippen LogP contribution in [0.3, 0.4) is 0 Å². The maximum absolute atomic E-state index is 13.2. The predicted octanol–water partition coefficient (Wildman–Crippen LogP) is 7.15. The van der Waals surface area contributed by atoms with E-state index in [1.807, 2.05) is 6.92 Å². The van der Waals surface area contributed by atoms with Crippen LogP contribution in [0, 0.1) is 33.0 Å². The fraction of sp³-hybridized carbons (Fsp3) is 0.688. The van der Waals surface area contributed by atoms with Gasteiger partial charge in [0.2, 0.25) is 5.78 Å². The fourth-order valence-electron chi connectivity index (χ4n) is 9.50. The van der Waals surface area contributed by atoms with E-state index in [4.69, 9.17) is 9.47 Å². The summed E-state index contributed by atoms with van der Waals surface area (Å²) in [6, 6.07) is 0. The van der Waals surface area contributed by atoms with E-state index < -0.39 is 5.41 Å². The van der Waals surface area contributed by atoms with E-state index in [0.717, 1.165) is 62.5 Å². The molecule has 5 aliphatic rings. The molecule has 5 heteroatoms. The fourth-order valence-corrected chi connectivity index (χ4v) is 9.50. The number of hydrogen-bond donors (Lipinski definition) is 1. The van der Waals surface area contributed by atoms with E-state index in [-0.39, 0.29) is 46.0 Å². The van der Waals surface area contributed by atoms with Crippen molar-refractivity contribution in [3.8, 4) is 0 Å². The molecule has 0 aliphatic heterocycles. The molecule has 1 N–H and O–H groups in total. The van der Waals surface area contributed by atoms with Crippen LogP contribution in [0.4, 0.5) is 0 Å². The van der Waals surface area contributed by atoms with Crippen LogP contribution in [0.15, 0.2) is 46.3 Å². The Morgan fingerprint density at radius 3 is 2.43 bits per heavy atom. The normalized spacial score (nSPS) is 42.9. The van der Waals surface area contributed by atoms with Gasteiger partial charge in [-0.15, -0.1) is 0 Å². The van der Waals surface area contributed by atoms with E-state index in [1.54, 1.807) is 13.2 Å². The molecule has 6 atom stereocenters. The summed E-state index contributed by atoms with van der Waals surface area (Å²) < 4.78 is 10.6. The number of rotatable bonds is 4. The van der Waals surface area contributed by atoms with E-state index >= 15 is 0 Å². The Kier molecular flexibility index (Phi) is 6.03. The third kappa shape index (κ3) is 3.38. The SMILES string of the molecule is CC[C@@]12CC[C@@]3(C)C4=CC(=O)C(O)=C(C)C4=CC=C3[C@@]1(C)CC[C@@]1(C)CC[C@@](C)(C(=O)OCOC)C[C@H]12. The van der Waals surface area contributed by atoms with Crippen LogP contribution in [-0.2, 0) is 19.1 Å². The van der Waals surface area contributed by atoms with Gasteiger partial charge in [0.05, 0.1) is 5.41 Å². The Labute approximate surface area is 222 Å². The molecule has 0 heterocycles. The molecule has 0 aromatic rings. The first-order chi connectivity index (χ1) is 17.3. The van der Waals surface area contributed by atoms with Crippen molar-refractivity contribution >= 4 is 11.8 Å². The maximum Gasteiger partial charge on any atom is 0.313 e. The number of carbonyl (C=O) groups is 2. The second kappa shape index (κ2) is 8.43. The first-order valence-electron chi connectivity index (χ1n) is 14.1. The van der Waals surface area contributed by atoms with Gasteiger partial charge in [0, 0.05) is 18.1 Å². The molecule has 202 valence electrons. The molecule has 5 aliphatic carbocycles. The molecule has 0 radical (unpaired) electrons. The second-order valence-electron chi connectivity index (χ2n) is 13.5. The van der Waals surface area contributed by atoms with Gasteiger partial charge in [-0.25, -0.2) is 0 Å². The molecule has 5 rings (SSSR count). The molecule has 0 aromatic heterocycles. The monoisotopic (exact) mass is 508 g/mol. The molecular formula is C32H44O5. The van der Waals surface area contributed by atoms with Gasteiger partial charge < -0.3 is 14.6 Å². The molecule has 0 spiro atoms. The number of allylic oxidation sites excluding steroid dienone is 7. The van der Waals surface area contributed by atoms with Gasteiger partial charge >= 0.3 is 5.97 Å². The summed E-state index contributed by atoms with van der Waals surface area (Å²) in [7, 11) is 1.55. The highest BCUT2D eigenvalue weighted by molar-refractivity contribution is 6.06. The van der Waals surface area contributed by atoms with Crippen molar-refractivity contribution in [1.82, 2.24) is 0 Å². The molecular weight excluding hydrogens is 464 g/mol. The zero-order chi connectivity index (χ0) is 27.0. The van der Waals surface area contributed by atoms with Gasteiger partial charge in [-0.05, 0) is 105 Å². The lowest BCUT2D eigenvalue weighted by Gasteiger charge is -2.71. The Balaban J connectivity index is 1.61. The minimum Gasteiger partial charge on any atom is -0.504 e. The van der Waals surface area contributed by atoms with Gasteiger partial charge in [-0.3, -0.25) is 9.59 Å². The summed E-state index contributed by atoms with van der Waals surface area (Å²) in [6.07, 6.45) is 14.2. The number of ether oxygens (including phenoxy) is 2. The minimum atomic E-state index is -0.504. The minimum absolute atomic E-state index is 0.00412. The zero-order valence-electron chi connectivity index (χ0n) is 23.8. The number of ketones is 1.